The Hall–Kier alpha value is -0.710. The Kier molecular flexibility index (Phi) is 3.97. The quantitative estimate of drug-likeness (QED) is 0.691. The number of rotatable bonds is 8. The van der Waals surface area contributed by atoms with Crippen LogP contribution in [0.25, 0.3) is 0 Å². The van der Waals surface area contributed by atoms with Crippen molar-refractivity contribution in [2.24, 2.45) is 11.3 Å². The molecule has 1 amide bonds. The zero-order chi connectivity index (χ0) is 12.3. The molecule has 96 valence electrons. The van der Waals surface area contributed by atoms with Gasteiger partial charge in [0, 0.05) is 6.54 Å². The van der Waals surface area contributed by atoms with Gasteiger partial charge in [-0.05, 0) is 42.8 Å². The maximum atomic E-state index is 11.5. The average Bonchev–Trinajstić information content (AvgIpc) is 3.10. The van der Waals surface area contributed by atoms with Gasteiger partial charge < -0.3 is 10.4 Å². The second-order valence-corrected chi connectivity index (χ2v) is 6.30. The highest BCUT2D eigenvalue weighted by Crippen LogP contribution is 2.50. The van der Waals surface area contributed by atoms with E-state index in [0.717, 1.165) is 25.1 Å². The van der Waals surface area contributed by atoms with Gasteiger partial charge in [0.15, 0.2) is 0 Å². The number of carbonyl (C=O) groups is 2. The number of carboxylic acids is 1. The lowest BCUT2D eigenvalue weighted by molar-refractivity contribution is -0.138. The molecule has 0 unspecified atom stereocenters. The first-order chi connectivity index (χ1) is 8.10. The molecular weight excluding hydrogens is 238 g/mol. The molecule has 2 saturated carbocycles. The highest BCUT2D eigenvalue weighted by atomic mass is 32.2. The van der Waals surface area contributed by atoms with Gasteiger partial charge >= 0.3 is 5.97 Å². The van der Waals surface area contributed by atoms with Gasteiger partial charge in [0.25, 0.3) is 0 Å². The van der Waals surface area contributed by atoms with Crippen molar-refractivity contribution in [3.8, 4) is 0 Å². The molecule has 2 aliphatic rings. The molecule has 0 heterocycles. The molecule has 0 aromatic heterocycles. The van der Waals surface area contributed by atoms with E-state index in [1.165, 1.54) is 12.8 Å². The summed E-state index contributed by atoms with van der Waals surface area (Å²) in [5.74, 6) is 1.35. The first-order valence-electron chi connectivity index (χ1n) is 6.16. The molecule has 5 heteroatoms. The molecule has 2 fully saturated rings. The summed E-state index contributed by atoms with van der Waals surface area (Å²) in [6.07, 6.45) is 4.74. The summed E-state index contributed by atoms with van der Waals surface area (Å²) in [7, 11) is 0. The standard InChI is InChI=1S/C12H19NO3S/c14-10(13-6-9-1-2-9)7-17-8-12(3-4-12)5-11(15)16/h9H,1-8H2,(H,13,14)(H,15,16). The molecule has 2 aliphatic carbocycles. The molecule has 0 spiro atoms. The van der Waals surface area contributed by atoms with Crippen LogP contribution in [-0.2, 0) is 9.59 Å². The van der Waals surface area contributed by atoms with Gasteiger partial charge in [0.05, 0.1) is 12.2 Å². The lowest BCUT2D eigenvalue weighted by atomic mass is 10.1. The number of aliphatic carboxylic acids is 1. The maximum Gasteiger partial charge on any atom is 0.303 e. The van der Waals surface area contributed by atoms with Gasteiger partial charge in [-0.15, -0.1) is 0 Å². The fourth-order valence-electron chi connectivity index (χ4n) is 1.86. The van der Waals surface area contributed by atoms with E-state index >= 15 is 0 Å². The molecule has 2 N–H and O–H groups in total. The third-order valence-electron chi connectivity index (χ3n) is 3.41. The van der Waals surface area contributed by atoms with Crippen LogP contribution in [0.5, 0.6) is 0 Å². The third-order valence-corrected chi connectivity index (χ3v) is 4.69. The Morgan fingerprint density at radius 2 is 2.06 bits per heavy atom. The Morgan fingerprint density at radius 3 is 2.59 bits per heavy atom. The molecule has 0 aromatic carbocycles. The van der Waals surface area contributed by atoms with Gasteiger partial charge in [0.1, 0.15) is 0 Å². The van der Waals surface area contributed by atoms with Crippen molar-refractivity contribution in [1.82, 2.24) is 5.32 Å². The predicted octanol–water partition coefficient (Wildman–Crippen LogP) is 1.50. The van der Waals surface area contributed by atoms with Crippen LogP contribution in [0.15, 0.2) is 0 Å². The molecule has 0 radical (unpaired) electrons. The summed E-state index contributed by atoms with van der Waals surface area (Å²) < 4.78 is 0. The third kappa shape index (κ3) is 4.58. The molecule has 4 nitrogen and oxygen atoms in total. The van der Waals surface area contributed by atoms with Crippen molar-refractivity contribution in [3.05, 3.63) is 0 Å². The number of nitrogens with one attached hydrogen (secondary N) is 1. The summed E-state index contributed by atoms with van der Waals surface area (Å²) in [4.78, 5) is 22.1. The molecule has 17 heavy (non-hydrogen) atoms. The second kappa shape index (κ2) is 5.29. The van der Waals surface area contributed by atoms with Crippen LogP contribution >= 0.6 is 11.8 Å². The minimum absolute atomic E-state index is 0.00667. The van der Waals surface area contributed by atoms with Crippen LogP contribution in [0.4, 0.5) is 0 Å². The number of hydrogen-bond donors (Lipinski definition) is 2. The minimum Gasteiger partial charge on any atom is -0.481 e. The van der Waals surface area contributed by atoms with Crippen LogP contribution in [0.1, 0.15) is 32.1 Å². The van der Waals surface area contributed by atoms with Crippen molar-refractivity contribution in [2.75, 3.05) is 18.1 Å². The first-order valence-corrected chi connectivity index (χ1v) is 7.31. The fraction of sp³-hybridized carbons (Fsp3) is 0.833. The van der Waals surface area contributed by atoms with Crippen molar-refractivity contribution < 1.29 is 14.7 Å². The van der Waals surface area contributed by atoms with Crippen molar-refractivity contribution >= 4 is 23.6 Å². The lowest BCUT2D eigenvalue weighted by Gasteiger charge is -2.11. The van der Waals surface area contributed by atoms with Gasteiger partial charge in [-0.3, -0.25) is 9.59 Å². The lowest BCUT2D eigenvalue weighted by Crippen LogP contribution is -2.27. The highest BCUT2D eigenvalue weighted by Gasteiger charge is 2.44. The van der Waals surface area contributed by atoms with Crippen molar-refractivity contribution in [2.45, 2.75) is 32.1 Å². The van der Waals surface area contributed by atoms with E-state index in [4.69, 9.17) is 5.11 Å². The molecule has 0 aromatic rings. The van der Waals surface area contributed by atoms with Crippen molar-refractivity contribution in [3.63, 3.8) is 0 Å². The summed E-state index contributed by atoms with van der Waals surface area (Å²) >= 11 is 1.57. The molecule has 0 aliphatic heterocycles. The number of thioether (sulfide) groups is 1. The molecule has 0 atom stereocenters. The average molecular weight is 257 g/mol. The van der Waals surface area contributed by atoms with E-state index in [2.05, 4.69) is 5.32 Å². The van der Waals surface area contributed by atoms with E-state index in [0.29, 0.717) is 11.7 Å². The number of carbonyl (C=O) groups excluding carboxylic acids is 1. The minimum atomic E-state index is -0.721. The summed E-state index contributed by atoms with van der Waals surface area (Å²) in [5.41, 5.74) is -0.00667. The monoisotopic (exact) mass is 257 g/mol. The van der Waals surface area contributed by atoms with Crippen LogP contribution in [0.2, 0.25) is 0 Å². The van der Waals surface area contributed by atoms with E-state index < -0.39 is 5.97 Å². The summed E-state index contributed by atoms with van der Waals surface area (Å²) in [6, 6.07) is 0. The smallest absolute Gasteiger partial charge is 0.303 e. The molecule has 2 rings (SSSR count). The zero-order valence-corrected chi connectivity index (χ0v) is 10.7. The highest BCUT2D eigenvalue weighted by molar-refractivity contribution is 7.99. The van der Waals surface area contributed by atoms with E-state index in [1.807, 2.05) is 0 Å². The Morgan fingerprint density at radius 1 is 1.35 bits per heavy atom. The topological polar surface area (TPSA) is 66.4 Å². The second-order valence-electron chi connectivity index (χ2n) is 5.31. The van der Waals surface area contributed by atoms with E-state index in [1.54, 1.807) is 11.8 Å². The molecule has 0 saturated heterocycles. The first kappa shape index (κ1) is 12.7. The molecule has 0 bridgehead atoms. The Labute approximate surface area is 106 Å². The van der Waals surface area contributed by atoms with Gasteiger partial charge in [0.2, 0.25) is 5.91 Å². The van der Waals surface area contributed by atoms with Gasteiger partial charge in [-0.2, -0.15) is 11.8 Å². The molecular formula is C12H19NO3S. The number of hydrogen-bond acceptors (Lipinski definition) is 3. The van der Waals surface area contributed by atoms with Gasteiger partial charge in [-0.1, -0.05) is 0 Å². The van der Waals surface area contributed by atoms with Crippen LogP contribution in [0, 0.1) is 11.3 Å². The fourth-order valence-corrected chi connectivity index (χ4v) is 3.07. The summed E-state index contributed by atoms with van der Waals surface area (Å²) in [5, 5.41) is 11.7. The Balaban J connectivity index is 1.55. The SMILES string of the molecule is O=C(O)CC1(CSCC(=O)NCC2CC2)CC1. The van der Waals surface area contributed by atoms with Gasteiger partial charge in [-0.25, -0.2) is 0 Å². The van der Waals surface area contributed by atoms with E-state index in [-0.39, 0.29) is 17.7 Å². The van der Waals surface area contributed by atoms with Crippen LogP contribution in [0.3, 0.4) is 0 Å². The largest absolute Gasteiger partial charge is 0.481 e. The normalized spacial score (nSPS) is 20.9. The predicted molar refractivity (Wildman–Crippen MR) is 67.0 cm³/mol. The number of amides is 1. The van der Waals surface area contributed by atoms with Crippen LogP contribution < -0.4 is 5.32 Å². The number of carboxylic acid groups (broad SMARTS) is 1. The van der Waals surface area contributed by atoms with Crippen LogP contribution in [-0.4, -0.2) is 35.0 Å². The zero-order valence-electron chi connectivity index (χ0n) is 9.91. The van der Waals surface area contributed by atoms with Crippen molar-refractivity contribution in [1.29, 1.82) is 0 Å². The Bertz CT molecular complexity index is 311. The van der Waals surface area contributed by atoms with E-state index in [9.17, 15) is 9.59 Å². The maximum absolute atomic E-state index is 11.5. The summed E-state index contributed by atoms with van der Waals surface area (Å²) in [6.45, 7) is 0.819.